The minimum absolute atomic E-state index is 0.816. The van der Waals surface area contributed by atoms with Gasteiger partial charge < -0.3 is 10.1 Å². The zero-order chi connectivity index (χ0) is 15.1. The highest BCUT2D eigenvalue weighted by Gasteiger charge is 2.04. The minimum Gasteiger partial charge on any atom is -0.497 e. The van der Waals surface area contributed by atoms with E-state index in [1.54, 1.807) is 7.11 Å². The third kappa shape index (κ3) is 4.76. The van der Waals surface area contributed by atoms with Crippen LogP contribution in [0, 0.1) is 0 Å². The van der Waals surface area contributed by atoms with Gasteiger partial charge in [-0.25, -0.2) is 4.98 Å². The van der Waals surface area contributed by atoms with E-state index in [-0.39, 0.29) is 0 Å². The fraction of sp³-hybridized carbons (Fsp3) is 0.353. The highest BCUT2D eigenvalue weighted by atomic mass is 16.5. The van der Waals surface area contributed by atoms with Gasteiger partial charge in [0.1, 0.15) is 11.6 Å². The van der Waals surface area contributed by atoms with E-state index in [4.69, 9.17) is 4.74 Å². The smallest absolute Gasteiger partial charge is 0.126 e. The Kier molecular flexibility index (Phi) is 5.58. The summed E-state index contributed by atoms with van der Waals surface area (Å²) in [5, 5.41) is 3.24. The molecule has 21 heavy (non-hydrogen) atoms. The lowest BCUT2D eigenvalue weighted by Gasteiger charge is -2.17. The number of benzene rings is 1. The van der Waals surface area contributed by atoms with Crippen molar-refractivity contribution in [3.8, 4) is 5.75 Å². The van der Waals surface area contributed by atoms with E-state index in [0.29, 0.717) is 0 Å². The van der Waals surface area contributed by atoms with E-state index in [2.05, 4.69) is 47.4 Å². The maximum atomic E-state index is 5.26. The fourth-order valence-electron chi connectivity index (χ4n) is 2.26. The van der Waals surface area contributed by atoms with Crippen LogP contribution in [0.3, 0.4) is 0 Å². The average Bonchev–Trinajstić information content (AvgIpc) is 2.48. The van der Waals surface area contributed by atoms with E-state index in [1.807, 2.05) is 24.3 Å². The number of pyridine rings is 1. The maximum Gasteiger partial charge on any atom is 0.126 e. The lowest BCUT2D eigenvalue weighted by Crippen LogP contribution is -2.18. The monoisotopic (exact) mass is 285 g/mol. The van der Waals surface area contributed by atoms with Gasteiger partial charge in [-0.3, -0.25) is 4.90 Å². The number of hydrogen-bond acceptors (Lipinski definition) is 4. The van der Waals surface area contributed by atoms with Crippen LogP contribution >= 0.6 is 0 Å². The number of nitrogens with zero attached hydrogens (tertiary/aromatic N) is 2. The SMILES string of the molecule is CCNc1cccc(CN(C)Cc2cccc(OC)c2)n1. The molecule has 4 heteroatoms. The summed E-state index contributed by atoms with van der Waals surface area (Å²) in [4.78, 5) is 6.84. The molecule has 0 radical (unpaired) electrons. The van der Waals surface area contributed by atoms with Crippen molar-refractivity contribution in [3.05, 3.63) is 53.7 Å². The highest BCUT2D eigenvalue weighted by Crippen LogP contribution is 2.15. The Hall–Kier alpha value is -2.07. The van der Waals surface area contributed by atoms with Gasteiger partial charge in [0.2, 0.25) is 0 Å². The molecule has 2 aromatic rings. The molecule has 0 aliphatic rings. The number of nitrogens with one attached hydrogen (secondary N) is 1. The summed E-state index contributed by atoms with van der Waals surface area (Å²) in [7, 11) is 3.79. The Bertz CT molecular complexity index is 571. The van der Waals surface area contributed by atoms with E-state index in [0.717, 1.165) is 36.9 Å². The van der Waals surface area contributed by atoms with Gasteiger partial charge in [0.25, 0.3) is 0 Å². The van der Waals surface area contributed by atoms with Crippen LogP contribution in [0.2, 0.25) is 0 Å². The van der Waals surface area contributed by atoms with Gasteiger partial charge in [0.15, 0.2) is 0 Å². The second kappa shape index (κ2) is 7.64. The molecule has 0 atom stereocenters. The normalized spacial score (nSPS) is 10.7. The molecule has 1 N–H and O–H groups in total. The summed E-state index contributed by atoms with van der Waals surface area (Å²) in [6.07, 6.45) is 0. The summed E-state index contributed by atoms with van der Waals surface area (Å²) >= 11 is 0. The molecule has 0 fully saturated rings. The summed E-state index contributed by atoms with van der Waals surface area (Å²) < 4.78 is 5.26. The van der Waals surface area contributed by atoms with Crippen LogP contribution in [0.25, 0.3) is 0 Å². The van der Waals surface area contributed by atoms with Crippen molar-refractivity contribution in [2.75, 3.05) is 26.0 Å². The Morgan fingerprint density at radius 2 is 1.95 bits per heavy atom. The van der Waals surface area contributed by atoms with Crippen molar-refractivity contribution in [2.24, 2.45) is 0 Å². The average molecular weight is 285 g/mol. The van der Waals surface area contributed by atoms with Crippen molar-refractivity contribution in [1.29, 1.82) is 0 Å². The molecule has 0 unspecified atom stereocenters. The van der Waals surface area contributed by atoms with Gasteiger partial charge in [0.05, 0.1) is 12.8 Å². The Balaban J connectivity index is 1.97. The first-order chi connectivity index (χ1) is 10.2. The molecule has 0 saturated heterocycles. The first-order valence-corrected chi connectivity index (χ1v) is 7.22. The van der Waals surface area contributed by atoms with Crippen molar-refractivity contribution < 1.29 is 4.74 Å². The lowest BCUT2D eigenvalue weighted by atomic mass is 10.2. The van der Waals surface area contributed by atoms with Crippen molar-refractivity contribution >= 4 is 5.82 Å². The van der Waals surface area contributed by atoms with Crippen molar-refractivity contribution in [3.63, 3.8) is 0 Å². The maximum absolute atomic E-state index is 5.26. The first-order valence-electron chi connectivity index (χ1n) is 7.22. The van der Waals surface area contributed by atoms with Crippen LogP contribution in [0.5, 0.6) is 5.75 Å². The molecule has 0 amide bonds. The first kappa shape index (κ1) is 15.3. The standard InChI is InChI=1S/C17H23N3O/c1-4-18-17-10-6-8-15(19-17)13-20(2)12-14-7-5-9-16(11-14)21-3/h5-11H,4,12-13H2,1-3H3,(H,18,19). The number of anilines is 1. The molecule has 112 valence electrons. The molecule has 1 aromatic carbocycles. The fourth-order valence-corrected chi connectivity index (χ4v) is 2.26. The van der Waals surface area contributed by atoms with Crippen LogP contribution in [0.15, 0.2) is 42.5 Å². The third-order valence-electron chi connectivity index (χ3n) is 3.18. The molecular formula is C17H23N3O. The van der Waals surface area contributed by atoms with Gasteiger partial charge in [-0.05, 0) is 43.8 Å². The topological polar surface area (TPSA) is 37.4 Å². The van der Waals surface area contributed by atoms with Crippen LogP contribution < -0.4 is 10.1 Å². The molecule has 0 saturated carbocycles. The van der Waals surface area contributed by atoms with Crippen LogP contribution in [-0.2, 0) is 13.1 Å². The minimum atomic E-state index is 0.816. The summed E-state index contributed by atoms with van der Waals surface area (Å²) in [5.74, 6) is 1.83. The molecular weight excluding hydrogens is 262 g/mol. The number of aromatic nitrogens is 1. The second-order valence-electron chi connectivity index (χ2n) is 5.07. The Labute approximate surface area is 126 Å². The zero-order valence-corrected chi connectivity index (χ0v) is 13.0. The quantitative estimate of drug-likeness (QED) is 0.848. The molecule has 4 nitrogen and oxygen atoms in total. The molecule has 0 bridgehead atoms. The summed E-state index contributed by atoms with van der Waals surface area (Å²) in [6.45, 7) is 4.64. The highest BCUT2D eigenvalue weighted by molar-refractivity contribution is 5.35. The predicted octanol–water partition coefficient (Wildman–Crippen LogP) is 3.15. The van der Waals surface area contributed by atoms with Gasteiger partial charge in [-0.2, -0.15) is 0 Å². The molecule has 2 rings (SSSR count). The lowest BCUT2D eigenvalue weighted by molar-refractivity contribution is 0.314. The van der Waals surface area contributed by atoms with E-state index in [1.165, 1.54) is 5.56 Å². The second-order valence-corrected chi connectivity index (χ2v) is 5.07. The zero-order valence-electron chi connectivity index (χ0n) is 13.0. The van der Waals surface area contributed by atoms with Crippen LogP contribution in [0.1, 0.15) is 18.2 Å². The molecule has 0 aliphatic heterocycles. The number of hydrogen-bond donors (Lipinski definition) is 1. The van der Waals surface area contributed by atoms with E-state index >= 15 is 0 Å². The largest absolute Gasteiger partial charge is 0.497 e. The molecule has 0 spiro atoms. The molecule has 0 aliphatic carbocycles. The van der Waals surface area contributed by atoms with Gasteiger partial charge in [0, 0.05) is 19.6 Å². The van der Waals surface area contributed by atoms with Gasteiger partial charge >= 0.3 is 0 Å². The van der Waals surface area contributed by atoms with Gasteiger partial charge in [-0.15, -0.1) is 0 Å². The predicted molar refractivity (Wildman–Crippen MR) is 86.6 cm³/mol. The van der Waals surface area contributed by atoms with Crippen molar-refractivity contribution in [1.82, 2.24) is 9.88 Å². The summed E-state index contributed by atoms with van der Waals surface area (Å²) in [6, 6.07) is 14.3. The van der Waals surface area contributed by atoms with Crippen molar-refractivity contribution in [2.45, 2.75) is 20.0 Å². The Morgan fingerprint density at radius 1 is 1.14 bits per heavy atom. The van der Waals surface area contributed by atoms with Crippen LogP contribution in [0.4, 0.5) is 5.82 Å². The van der Waals surface area contributed by atoms with Gasteiger partial charge in [-0.1, -0.05) is 18.2 Å². The van der Waals surface area contributed by atoms with E-state index < -0.39 is 0 Å². The number of methoxy groups -OCH3 is 1. The third-order valence-corrected chi connectivity index (χ3v) is 3.18. The van der Waals surface area contributed by atoms with Crippen LogP contribution in [-0.4, -0.2) is 30.6 Å². The molecule has 1 aromatic heterocycles. The molecule has 1 heterocycles. The van der Waals surface area contributed by atoms with E-state index in [9.17, 15) is 0 Å². The number of rotatable bonds is 7. The summed E-state index contributed by atoms with van der Waals surface area (Å²) in [5.41, 5.74) is 2.30. The number of ether oxygens (including phenoxy) is 1. The Morgan fingerprint density at radius 3 is 2.71 bits per heavy atom.